The summed E-state index contributed by atoms with van der Waals surface area (Å²) in [5.41, 5.74) is 1.67. The van der Waals surface area contributed by atoms with Gasteiger partial charge in [-0.1, -0.05) is 41.9 Å². The highest BCUT2D eigenvalue weighted by Gasteiger charge is 2.22. The van der Waals surface area contributed by atoms with Gasteiger partial charge in [-0.15, -0.1) is 0 Å². The van der Waals surface area contributed by atoms with E-state index in [1.807, 2.05) is 30.3 Å². The van der Waals surface area contributed by atoms with Gasteiger partial charge in [0.25, 0.3) is 0 Å². The smallest absolute Gasteiger partial charge is 0.191 e. The van der Waals surface area contributed by atoms with Crippen LogP contribution in [0.3, 0.4) is 0 Å². The first-order valence-electron chi connectivity index (χ1n) is 6.69. The fraction of sp³-hybridized carbons (Fsp3) is 0.118. The number of hydrogen-bond donors (Lipinski definition) is 1. The van der Waals surface area contributed by atoms with E-state index in [-0.39, 0.29) is 11.9 Å². The molecule has 2 aromatic carbocycles. The molecule has 0 aromatic heterocycles. The third-order valence-corrected chi connectivity index (χ3v) is 3.55. The molecule has 21 heavy (non-hydrogen) atoms. The Morgan fingerprint density at radius 1 is 1.14 bits per heavy atom. The second-order valence-corrected chi connectivity index (χ2v) is 5.21. The van der Waals surface area contributed by atoms with Gasteiger partial charge in [0.2, 0.25) is 0 Å². The molecule has 3 rings (SSSR count). The van der Waals surface area contributed by atoms with Gasteiger partial charge in [0, 0.05) is 16.7 Å². The molecule has 0 saturated carbocycles. The van der Waals surface area contributed by atoms with Crippen LogP contribution in [0.15, 0.2) is 66.6 Å². The molecule has 1 saturated heterocycles. The number of carbonyl (C=O) groups excluding carboxylic acids is 1. The first kappa shape index (κ1) is 13.7. The van der Waals surface area contributed by atoms with Crippen LogP contribution in [0.25, 0.3) is 0 Å². The number of rotatable bonds is 3. The fourth-order valence-corrected chi connectivity index (χ4v) is 2.31. The van der Waals surface area contributed by atoms with Gasteiger partial charge in [-0.25, -0.2) is 0 Å². The summed E-state index contributed by atoms with van der Waals surface area (Å²) in [6, 6.07) is 16.7. The fourth-order valence-electron chi connectivity index (χ4n) is 2.19. The topological polar surface area (TPSA) is 38.3 Å². The van der Waals surface area contributed by atoms with Crippen molar-refractivity contribution < 1.29 is 9.53 Å². The first-order valence-corrected chi connectivity index (χ1v) is 7.07. The molecular weight excluding hydrogens is 286 g/mol. The van der Waals surface area contributed by atoms with Gasteiger partial charge in [0.05, 0.1) is 6.54 Å². The molecule has 4 heteroatoms. The Bertz CT molecular complexity index is 665. The molecule has 2 aromatic rings. The molecule has 1 aliphatic heterocycles. The van der Waals surface area contributed by atoms with Gasteiger partial charge in [-0.05, 0) is 29.8 Å². The number of allylic oxidation sites excluding steroid dienone is 1. The van der Waals surface area contributed by atoms with Crippen LogP contribution in [-0.2, 0) is 4.74 Å². The third-order valence-electron chi connectivity index (χ3n) is 3.29. The van der Waals surface area contributed by atoms with E-state index >= 15 is 0 Å². The van der Waals surface area contributed by atoms with Crippen molar-refractivity contribution in [1.82, 2.24) is 5.32 Å². The quantitative estimate of drug-likeness (QED) is 0.693. The SMILES string of the molecule is O=C(C=C1NCC(c2ccccc2)O1)c1ccc(Cl)cc1. The van der Waals surface area contributed by atoms with Crippen molar-refractivity contribution in [2.45, 2.75) is 6.10 Å². The number of halogens is 1. The first-order chi connectivity index (χ1) is 10.2. The number of carbonyl (C=O) groups is 1. The van der Waals surface area contributed by atoms with Crippen molar-refractivity contribution in [3.8, 4) is 0 Å². The van der Waals surface area contributed by atoms with Crippen LogP contribution >= 0.6 is 11.6 Å². The average molecular weight is 300 g/mol. The zero-order chi connectivity index (χ0) is 14.7. The minimum atomic E-state index is -0.108. The van der Waals surface area contributed by atoms with Gasteiger partial charge < -0.3 is 10.1 Å². The molecule has 0 amide bonds. The Balaban J connectivity index is 1.71. The molecule has 1 fully saturated rings. The van der Waals surface area contributed by atoms with Crippen LogP contribution < -0.4 is 5.32 Å². The van der Waals surface area contributed by atoms with Gasteiger partial charge in [0.15, 0.2) is 11.7 Å². The van der Waals surface area contributed by atoms with E-state index in [1.54, 1.807) is 24.3 Å². The zero-order valence-electron chi connectivity index (χ0n) is 11.3. The molecule has 1 unspecified atom stereocenters. The molecular formula is C17H14ClNO2. The lowest BCUT2D eigenvalue weighted by Gasteiger charge is -2.08. The van der Waals surface area contributed by atoms with Gasteiger partial charge in [-0.3, -0.25) is 4.79 Å². The number of benzene rings is 2. The van der Waals surface area contributed by atoms with Gasteiger partial charge >= 0.3 is 0 Å². The molecule has 1 heterocycles. The molecule has 0 radical (unpaired) electrons. The highest BCUT2D eigenvalue weighted by Crippen LogP contribution is 2.24. The van der Waals surface area contributed by atoms with E-state index < -0.39 is 0 Å². The van der Waals surface area contributed by atoms with Crippen molar-refractivity contribution in [2.24, 2.45) is 0 Å². The van der Waals surface area contributed by atoms with E-state index in [1.165, 1.54) is 6.08 Å². The second-order valence-electron chi connectivity index (χ2n) is 4.78. The molecule has 0 bridgehead atoms. The Morgan fingerprint density at radius 2 is 1.86 bits per heavy atom. The maximum absolute atomic E-state index is 12.1. The van der Waals surface area contributed by atoms with Crippen molar-refractivity contribution in [3.63, 3.8) is 0 Å². The Morgan fingerprint density at radius 3 is 2.57 bits per heavy atom. The normalized spacial score (nSPS) is 19.1. The monoisotopic (exact) mass is 299 g/mol. The highest BCUT2D eigenvalue weighted by atomic mass is 35.5. The van der Waals surface area contributed by atoms with E-state index in [9.17, 15) is 4.79 Å². The lowest BCUT2D eigenvalue weighted by Crippen LogP contribution is -2.08. The van der Waals surface area contributed by atoms with Crippen molar-refractivity contribution >= 4 is 17.4 Å². The molecule has 0 spiro atoms. The zero-order valence-corrected chi connectivity index (χ0v) is 12.0. The van der Waals surface area contributed by atoms with E-state index in [4.69, 9.17) is 16.3 Å². The Hall–Kier alpha value is -2.26. The van der Waals surface area contributed by atoms with Crippen LogP contribution in [0.1, 0.15) is 22.0 Å². The molecule has 1 atom stereocenters. The minimum absolute atomic E-state index is 0.0598. The average Bonchev–Trinajstić information content (AvgIpc) is 2.97. The summed E-state index contributed by atoms with van der Waals surface area (Å²) in [4.78, 5) is 12.1. The summed E-state index contributed by atoms with van der Waals surface area (Å²) < 4.78 is 5.77. The number of ketones is 1. The largest absolute Gasteiger partial charge is 0.469 e. The van der Waals surface area contributed by atoms with Gasteiger partial charge in [-0.2, -0.15) is 0 Å². The summed E-state index contributed by atoms with van der Waals surface area (Å²) >= 11 is 5.81. The standard InChI is InChI=1S/C17H14ClNO2/c18-14-8-6-12(7-9-14)15(20)10-17-19-11-16(21-17)13-4-2-1-3-5-13/h1-10,16,19H,11H2. The van der Waals surface area contributed by atoms with Crippen molar-refractivity contribution in [1.29, 1.82) is 0 Å². The van der Waals surface area contributed by atoms with E-state index in [0.717, 1.165) is 5.56 Å². The number of hydrogen-bond acceptors (Lipinski definition) is 3. The summed E-state index contributed by atoms with van der Waals surface area (Å²) in [7, 11) is 0. The van der Waals surface area contributed by atoms with Crippen LogP contribution in [0.2, 0.25) is 5.02 Å². The van der Waals surface area contributed by atoms with E-state index in [0.29, 0.717) is 23.0 Å². The highest BCUT2D eigenvalue weighted by molar-refractivity contribution is 6.30. The predicted octanol–water partition coefficient (Wildman–Crippen LogP) is 3.73. The Kier molecular flexibility index (Phi) is 3.93. The predicted molar refractivity (Wildman–Crippen MR) is 82.1 cm³/mol. The number of ether oxygens (including phenoxy) is 1. The lowest BCUT2D eigenvalue weighted by atomic mass is 10.1. The summed E-state index contributed by atoms with van der Waals surface area (Å²) in [5.74, 6) is 0.395. The van der Waals surface area contributed by atoms with Crippen LogP contribution in [0, 0.1) is 0 Å². The molecule has 106 valence electrons. The lowest BCUT2D eigenvalue weighted by molar-refractivity contribution is 0.103. The van der Waals surface area contributed by atoms with Crippen LogP contribution in [0.5, 0.6) is 0 Å². The van der Waals surface area contributed by atoms with Crippen LogP contribution in [0.4, 0.5) is 0 Å². The Labute approximate surface area is 128 Å². The third kappa shape index (κ3) is 3.26. The van der Waals surface area contributed by atoms with Gasteiger partial charge in [0.1, 0.15) is 6.10 Å². The maximum Gasteiger partial charge on any atom is 0.191 e. The molecule has 0 aliphatic carbocycles. The maximum atomic E-state index is 12.1. The summed E-state index contributed by atoms with van der Waals surface area (Å²) in [5, 5.41) is 3.72. The summed E-state index contributed by atoms with van der Waals surface area (Å²) in [6.07, 6.45) is 1.42. The van der Waals surface area contributed by atoms with E-state index in [2.05, 4.69) is 5.32 Å². The minimum Gasteiger partial charge on any atom is -0.469 e. The van der Waals surface area contributed by atoms with Crippen molar-refractivity contribution in [3.05, 3.63) is 82.7 Å². The summed E-state index contributed by atoms with van der Waals surface area (Å²) in [6.45, 7) is 0.656. The second kappa shape index (κ2) is 6.02. The molecule has 1 N–H and O–H groups in total. The van der Waals surface area contributed by atoms with Crippen molar-refractivity contribution in [2.75, 3.05) is 6.54 Å². The van der Waals surface area contributed by atoms with Crippen LogP contribution in [-0.4, -0.2) is 12.3 Å². The number of nitrogens with one attached hydrogen (secondary N) is 1. The molecule has 3 nitrogen and oxygen atoms in total. The molecule has 1 aliphatic rings.